The van der Waals surface area contributed by atoms with Crippen LogP contribution in [-0.4, -0.2) is 35.7 Å². The molecule has 0 aliphatic carbocycles. The van der Waals surface area contributed by atoms with Gasteiger partial charge in [0.25, 0.3) is 5.91 Å². The number of amides is 1. The number of carbonyl (C=O) groups is 1. The average molecular weight is 543 g/mol. The Labute approximate surface area is 200 Å². The van der Waals surface area contributed by atoms with Crippen LogP contribution in [0.25, 0.3) is 10.9 Å². The number of piperidine rings is 1. The van der Waals surface area contributed by atoms with Crippen LogP contribution >= 0.6 is 22.9 Å². The van der Waals surface area contributed by atoms with Crippen LogP contribution in [0.1, 0.15) is 42.2 Å². The first-order valence-electron chi connectivity index (χ1n) is 10.6. The number of nitrogens with zero attached hydrogens (tertiary/aromatic N) is 3. The maximum atomic E-state index is 12.8. The predicted octanol–water partition coefficient (Wildman–Crippen LogP) is 4.39. The first-order chi connectivity index (χ1) is 15.5. The summed E-state index contributed by atoms with van der Waals surface area (Å²) in [6, 6.07) is 15.8. The van der Waals surface area contributed by atoms with Crippen LogP contribution in [0.3, 0.4) is 0 Å². The van der Waals surface area contributed by atoms with E-state index in [9.17, 15) is 4.79 Å². The number of halogens is 1. The van der Waals surface area contributed by atoms with Crippen molar-refractivity contribution in [1.29, 1.82) is 0 Å². The molecule has 1 saturated heterocycles. The van der Waals surface area contributed by atoms with Crippen molar-refractivity contribution < 1.29 is 4.79 Å². The molecule has 3 aromatic rings. The zero-order valence-corrected chi connectivity index (χ0v) is 20.0. The van der Waals surface area contributed by atoms with Crippen molar-refractivity contribution in [3.05, 3.63) is 59.8 Å². The van der Waals surface area contributed by atoms with Crippen LogP contribution in [0, 0.1) is 0 Å². The minimum absolute atomic E-state index is 0.174. The van der Waals surface area contributed by atoms with Crippen LogP contribution in [0.5, 0.6) is 0 Å². The molecule has 0 bridgehead atoms. The number of hydrogen-bond acceptors (Lipinski definition) is 4. The average Bonchev–Trinajstić information content (AvgIpc) is 3.27. The second-order valence-corrected chi connectivity index (χ2v) is 8.29. The highest BCUT2D eigenvalue weighted by Gasteiger charge is 2.13. The predicted molar refractivity (Wildman–Crippen MR) is 140 cm³/mol. The van der Waals surface area contributed by atoms with Gasteiger partial charge in [-0.3, -0.25) is 4.79 Å². The number of hydrogen-bond donors (Lipinski definition) is 4. The Morgan fingerprint density at radius 3 is 2.56 bits per heavy atom. The molecule has 1 aliphatic rings. The topological polar surface area (TPSA) is 111 Å². The number of nitrogens with two attached hydrogens (primary N) is 1. The summed E-state index contributed by atoms with van der Waals surface area (Å²) < 4.78 is 3.78. The fraction of sp³-hybridized carbons (Fsp3) is 0.261. The van der Waals surface area contributed by atoms with Gasteiger partial charge in [-0.2, -0.15) is 8.31 Å². The molecule has 1 aliphatic heterocycles. The standard InChI is InChI=1S/C23H26IN7O/c1-15(29-30-23(25)28-24)16-5-10-20-17(13-16)14-21(27-20)22(32)26-18-6-8-19(9-7-18)31-11-3-2-4-12-31/h5-10,13-14,27H,2-4,11-12H2,1H3,(H,26,32)(H3,25,28,30)/b29-15+. The monoisotopic (exact) mass is 543 g/mol. The molecule has 9 heteroatoms. The first kappa shape index (κ1) is 22.1. The zero-order chi connectivity index (χ0) is 22.5. The Morgan fingerprint density at radius 1 is 1.09 bits per heavy atom. The first-order valence-corrected chi connectivity index (χ1v) is 11.5. The normalized spacial score (nSPS) is 15.1. The number of rotatable bonds is 5. The molecule has 4 rings (SSSR count). The van der Waals surface area contributed by atoms with E-state index in [4.69, 9.17) is 5.73 Å². The van der Waals surface area contributed by atoms with Crippen molar-refractivity contribution in [3.63, 3.8) is 0 Å². The van der Waals surface area contributed by atoms with E-state index in [2.05, 4.69) is 41.1 Å². The van der Waals surface area contributed by atoms with Crippen LogP contribution in [0.4, 0.5) is 11.4 Å². The van der Waals surface area contributed by atoms with Gasteiger partial charge in [0.15, 0.2) is 0 Å². The number of H-pyrrole nitrogens is 1. The summed E-state index contributed by atoms with van der Waals surface area (Å²) in [5.41, 5.74) is 13.4. The van der Waals surface area contributed by atoms with Gasteiger partial charge in [0.1, 0.15) is 5.69 Å². The van der Waals surface area contributed by atoms with Gasteiger partial charge < -0.3 is 20.9 Å². The number of hydrazone groups is 1. The van der Waals surface area contributed by atoms with Crippen molar-refractivity contribution >= 4 is 62.7 Å². The third-order valence-corrected chi connectivity index (χ3v) is 6.08. The third-order valence-electron chi connectivity index (χ3n) is 5.56. The Hall–Kier alpha value is -3.08. The Bertz CT molecular complexity index is 1160. The quantitative estimate of drug-likeness (QED) is 0.166. The van der Waals surface area contributed by atoms with Crippen molar-refractivity contribution in [1.82, 2.24) is 10.4 Å². The number of carbonyl (C=O) groups excluding carboxylic acids is 1. The molecule has 2 heterocycles. The van der Waals surface area contributed by atoms with Gasteiger partial charge >= 0.3 is 0 Å². The Kier molecular flexibility index (Phi) is 6.93. The highest BCUT2D eigenvalue weighted by Crippen LogP contribution is 2.23. The molecular formula is C23H26IN7O. The summed E-state index contributed by atoms with van der Waals surface area (Å²) in [5, 5.41) is 8.13. The number of nitrogens with one attached hydrogen (secondary N) is 3. The maximum absolute atomic E-state index is 12.8. The summed E-state index contributed by atoms with van der Waals surface area (Å²) in [6.07, 6.45) is 3.79. The van der Waals surface area contributed by atoms with Crippen molar-refractivity contribution in [2.45, 2.75) is 26.2 Å². The smallest absolute Gasteiger partial charge is 0.272 e. The van der Waals surface area contributed by atoms with Gasteiger partial charge in [-0.25, -0.2) is 5.43 Å². The fourth-order valence-electron chi connectivity index (χ4n) is 3.81. The van der Waals surface area contributed by atoms with Crippen LogP contribution in [0.2, 0.25) is 0 Å². The lowest BCUT2D eigenvalue weighted by molar-refractivity contribution is 0.102. The largest absolute Gasteiger partial charge is 0.372 e. The molecule has 2 aromatic carbocycles. The highest BCUT2D eigenvalue weighted by molar-refractivity contribution is 14.1. The Balaban J connectivity index is 1.45. The number of aromatic nitrogens is 1. The number of fused-ring (bicyclic) bond motifs is 1. The molecule has 166 valence electrons. The lowest BCUT2D eigenvalue weighted by Crippen LogP contribution is -2.29. The molecule has 1 amide bonds. The van der Waals surface area contributed by atoms with Crippen molar-refractivity contribution in [3.8, 4) is 0 Å². The molecule has 5 N–H and O–H groups in total. The van der Waals surface area contributed by atoms with Gasteiger partial charge in [-0.05, 0) is 74.2 Å². The zero-order valence-electron chi connectivity index (χ0n) is 17.9. The fourth-order valence-corrected chi connectivity index (χ4v) is 3.92. The number of aromatic amines is 1. The summed E-state index contributed by atoms with van der Waals surface area (Å²) in [4.78, 5) is 18.4. The molecule has 32 heavy (non-hydrogen) atoms. The molecule has 1 aromatic heterocycles. The molecule has 0 atom stereocenters. The third kappa shape index (κ3) is 5.21. The van der Waals surface area contributed by atoms with E-state index in [1.807, 2.05) is 43.3 Å². The van der Waals surface area contributed by atoms with Crippen LogP contribution < -0.4 is 21.4 Å². The summed E-state index contributed by atoms with van der Waals surface area (Å²) in [5.74, 6) is 0.0575. The Morgan fingerprint density at radius 2 is 1.84 bits per heavy atom. The second-order valence-electron chi connectivity index (χ2n) is 7.81. The molecule has 0 radical (unpaired) electrons. The van der Waals surface area contributed by atoms with E-state index >= 15 is 0 Å². The lowest BCUT2D eigenvalue weighted by Gasteiger charge is -2.28. The molecule has 1 fully saturated rings. The maximum Gasteiger partial charge on any atom is 0.272 e. The van der Waals surface area contributed by atoms with Gasteiger partial charge in [0.05, 0.1) is 28.6 Å². The molecule has 0 unspecified atom stereocenters. The van der Waals surface area contributed by atoms with Crippen LogP contribution in [-0.2, 0) is 0 Å². The van der Waals surface area contributed by atoms with E-state index in [0.29, 0.717) is 5.69 Å². The van der Waals surface area contributed by atoms with Crippen molar-refractivity contribution in [2.75, 3.05) is 23.3 Å². The minimum atomic E-state index is -0.174. The van der Waals surface area contributed by atoms with Crippen LogP contribution in [0.15, 0.2) is 56.8 Å². The number of anilines is 2. The summed E-state index contributed by atoms with van der Waals surface area (Å²) in [7, 11) is 0. The van der Waals surface area contributed by atoms with E-state index in [-0.39, 0.29) is 11.9 Å². The molecule has 8 nitrogen and oxygen atoms in total. The van der Waals surface area contributed by atoms with Gasteiger partial charge in [0.2, 0.25) is 5.96 Å². The van der Waals surface area contributed by atoms with E-state index < -0.39 is 0 Å². The summed E-state index contributed by atoms with van der Waals surface area (Å²) in [6.45, 7) is 4.08. The minimum Gasteiger partial charge on any atom is -0.372 e. The van der Waals surface area contributed by atoms with Gasteiger partial charge in [-0.15, -0.1) is 0 Å². The highest BCUT2D eigenvalue weighted by atomic mass is 127. The van der Waals surface area contributed by atoms with E-state index in [1.54, 1.807) is 22.9 Å². The molecule has 0 spiro atoms. The van der Waals surface area contributed by atoms with E-state index in [1.165, 1.54) is 24.9 Å². The molecule has 0 saturated carbocycles. The summed E-state index contributed by atoms with van der Waals surface area (Å²) >= 11 is 1.80. The number of guanidine groups is 1. The van der Waals surface area contributed by atoms with Crippen molar-refractivity contribution in [2.24, 2.45) is 14.0 Å². The van der Waals surface area contributed by atoms with Gasteiger partial charge in [0, 0.05) is 35.4 Å². The van der Waals surface area contributed by atoms with Gasteiger partial charge in [-0.1, -0.05) is 6.07 Å². The molecular weight excluding hydrogens is 517 g/mol. The SMILES string of the molecule is C/C(=N\NC(N)=NI)c1ccc2[nH]c(C(=O)Nc3ccc(N4CCCCC4)cc3)cc2c1. The number of benzene rings is 2. The second kappa shape index (κ2) is 10.0. The lowest BCUT2D eigenvalue weighted by atomic mass is 10.1. The van der Waals surface area contributed by atoms with E-state index in [0.717, 1.165) is 41.0 Å².